The van der Waals surface area contributed by atoms with Gasteiger partial charge >= 0.3 is 0 Å². The van der Waals surface area contributed by atoms with E-state index in [2.05, 4.69) is 15.9 Å². The quantitative estimate of drug-likeness (QED) is 0.903. The van der Waals surface area contributed by atoms with Crippen molar-refractivity contribution in [3.63, 3.8) is 0 Å². The van der Waals surface area contributed by atoms with E-state index in [4.69, 9.17) is 5.73 Å². The van der Waals surface area contributed by atoms with Crippen LogP contribution in [0.1, 0.15) is 17.0 Å². The van der Waals surface area contributed by atoms with Gasteiger partial charge in [0, 0.05) is 10.4 Å². The summed E-state index contributed by atoms with van der Waals surface area (Å²) in [6, 6.07) is 11.2. The normalized spacial score (nSPS) is 12.4. The van der Waals surface area contributed by atoms with Gasteiger partial charge in [0.1, 0.15) is 11.6 Å². The molecule has 100 valence electrons. The van der Waals surface area contributed by atoms with Gasteiger partial charge in [0.05, 0.1) is 0 Å². The molecule has 0 radical (unpaired) electrons. The molecule has 0 bridgehead atoms. The molecule has 0 aliphatic heterocycles. The third kappa shape index (κ3) is 3.61. The number of halogens is 3. The van der Waals surface area contributed by atoms with Gasteiger partial charge in [-0.3, -0.25) is 0 Å². The summed E-state index contributed by atoms with van der Waals surface area (Å²) in [6.45, 7) is 0.271. The van der Waals surface area contributed by atoms with E-state index in [0.717, 1.165) is 22.2 Å². The van der Waals surface area contributed by atoms with Crippen molar-refractivity contribution in [3.8, 4) is 0 Å². The first-order valence-corrected chi connectivity index (χ1v) is 6.79. The summed E-state index contributed by atoms with van der Waals surface area (Å²) < 4.78 is 27.9. The lowest BCUT2D eigenvalue weighted by Gasteiger charge is -2.16. The fraction of sp³-hybridized carbons (Fsp3) is 0.200. The van der Waals surface area contributed by atoms with Crippen molar-refractivity contribution in [1.82, 2.24) is 0 Å². The van der Waals surface area contributed by atoms with E-state index in [1.165, 1.54) is 6.07 Å². The highest BCUT2D eigenvalue weighted by atomic mass is 79.9. The maximum Gasteiger partial charge on any atom is 0.126 e. The zero-order valence-corrected chi connectivity index (χ0v) is 11.8. The molecule has 0 aliphatic rings. The summed E-state index contributed by atoms with van der Waals surface area (Å²) in [4.78, 5) is 0. The molecule has 1 unspecified atom stereocenters. The monoisotopic (exact) mass is 325 g/mol. The Kier molecular flexibility index (Phi) is 4.66. The zero-order chi connectivity index (χ0) is 13.8. The Morgan fingerprint density at radius 1 is 1.11 bits per heavy atom. The van der Waals surface area contributed by atoms with E-state index in [-0.39, 0.29) is 12.5 Å². The Hall–Kier alpha value is -1.26. The minimum atomic E-state index is -0.441. The van der Waals surface area contributed by atoms with Gasteiger partial charge < -0.3 is 5.73 Å². The predicted octanol–water partition coefficient (Wildman–Crippen LogP) is 4.01. The van der Waals surface area contributed by atoms with Gasteiger partial charge in [-0.15, -0.1) is 0 Å². The smallest absolute Gasteiger partial charge is 0.126 e. The molecule has 1 nitrogen and oxygen atoms in total. The van der Waals surface area contributed by atoms with Gasteiger partial charge in [0.15, 0.2) is 0 Å². The van der Waals surface area contributed by atoms with Crippen LogP contribution in [-0.2, 0) is 6.42 Å². The average Bonchev–Trinajstić information content (AvgIpc) is 2.39. The molecule has 0 amide bonds. The van der Waals surface area contributed by atoms with Gasteiger partial charge in [-0.2, -0.15) is 0 Å². The predicted molar refractivity (Wildman–Crippen MR) is 76.0 cm³/mol. The lowest BCUT2D eigenvalue weighted by atomic mass is 9.91. The van der Waals surface area contributed by atoms with E-state index < -0.39 is 11.6 Å². The van der Waals surface area contributed by atoms with Crippen molar-refractivity contribution in [2.75, 3.05) is 6.54 Å². The van der Waals surface area contributed by atoms with Crippen LogP contribution in [0.5, 0.6) is 0 Å². The molecular formula is C15H14BrF2N. The molecule has 2 rings (SSSR count). The van der Waals surface area contributed by atoms with Crippen molar-refractivity contribution in [1.29, 1.82) is 0 Å². The summed E-state index contributed by atoms with van der Waals surface area (Å²) in [5, 5.41) is 0. The van der Waals surface area contributed by atoms with E-state index in [9.17, 15) is 8.78 Å². The van der Waals surface area contributed by atoms with E-state index in [1.54, 1.807) is 0 Å². The average molecular weight is 326 g/mol. The second kappa shape index (κ2) is 6.26. The molecule has 0 fully saturated rings. The standard InChI is InChI=1S/C15H14BrF2N/c16-12-3-1-2-10(7-12)6-11(9-19)14-8-13(17)4-5-15(14)18/h1-5,7-8,11H,6,9,19H2. The maximum absolute atomic E-state index is 13.8. The Bertz CT molecular complexity index is 572. The summed E-state index contributed by atoms with van der Waals surface area (Å²) in [5.41, 5.74) is 7.08. The third-order valence-corrected chi connectivity index (χ3v) is 3.55. The molecule has 19 heavy (non-hydrogen) atoms. The van der Waals surface area contributed by atoms with Crippen LogP contribution in [0.2, 0.25) is 0 Å². The highest BCUT2D eigenvalue weighted by molar-refractivity contribution is 9.10. The maximum atomic E-state index is 13.8. The highest BCUT2D eigenvalue weighted by Gasteiger charge is 2.16. The molecule has 2 aromatic carbocycles. The van der Waals surface area contributed by atoms with Crippen molar-refractivity contribution in [2.24, 2.45) is 5.73 Å². The van der Waals surface area contributed by atoms with Crippen molar-refractivity contribution in [2.45, 2.75) is 12.3 Å². The lowest BCUT2D eigenvalue weighted by molar-refractivity contribution is 0.557. The van der Waals surface area contributed by atoms with E-state index in [0.29, 0.717) is 12.0 Å². The first-order valence-electron chi connectivity index (χ1n) is 5.99. The largest absolute Gasteiger partial charge is 0.330 e. The van der Waals surface area contributed by atoms with Gasteiger partial charge in [-0.25, -0.2) is 8.78 Å². The van der Waals surface area contributed by atoms with Crippen molar-refractivity contribution in [3.05, 3.63) is 69.7 Å². The van der Waals surface area contributed by atoms with Gasteiger partial charge in [0.25, 0.3) is 0 Å². The fourth-order valence-corrected chi connectivity index (χ4v) is 2.54. The minimum Gasteiger partial charge on any atom is -0.330 e. The van der Waals surface area contributed by atoms with Gasteiger partial charge in [-0.1, -0.05) is 28.1 Å². The number of hydrogen-bond acceptors (Lipinski definition) is 1. The molecular weight excluding hydrogens is 312 g/mol. The minimum absolute atomic E-state index is 0.231. The summed E-state index contributed by atoms with van der Waals surface area (Å²) in [6.07, 6.45) is 0.580. The Balaban J connectivity index is 2.27. The second-order valence-electron chi connectivity index (χ2n) is 4.43. The van der Waals surface area contributed by atoms with Crippen LogP contribution >= 0.6 is 15.9 Å². The number of nitrogens with two attached hydrogens (primary N) is 1. The molecule has 0 aliphatic carbocycles. The van der Waals surface area contributed by atoms with Gasteiger partial charge in [0.2, 0.25) is 0 Å². The highest BCUT2D eigenvalue weighted by Crippen LogP contribution is 2.24. The number of rotatable bonds is 4. The molecule has 0 spiro atoms. The molecule has 2 aromatic rings. The van der Waals surface area contributed by atoms with Crippen LogP contribution in [0.15, 0.2) is 46.9 Å². The molecule has 0 saturated heterocycles. The molecule has 1 atom stereocenters. The summed E-state index contributed by atoms with van der Waals surface area (Å²) in [5.74, 6) is -1.08. The van der Waals surface area contributed by atoms with Crippen LogP contribution in [0.4, 0.5) is 8.78 Å². The summed E-state index contributed by atoms with van der Waals surface area (Å²) in [7, 11) is 0. The van der Waals surface area contributed by atoms with Crippen LogP contribution in [0, 0.1) is 11.6 Å². The molecule has 2 N–H and O–H groups in total. The molecule has 0 saturated carbocycles. The second-order valence-corrected chi connectivity index (χ2v) is 5.35. The van der Waals surface area contributed by atoms with E-state index >= 15 is 0 Å². The van der Waals surface area contributed by atoms with Crippen LogP contribution in [0.3, 0.4) is 0 Å². The Morgan fingerprint density at radius 2 is 1.89 bits per heavy atom. The van der Waals surface area contributed by atoms with Crippen LogP contribution in [0.25, 0.3) is 0 Å². The Labute approximate surface area is 119 Å². The van der Waals surface area contributed by atoms with E-state index in [1.807, 2.05) is 24.3 Å². The molecule has 0 aromatic heterocycles. The van der Waals surface area contributed by atoms with Crippen LogP contribution < -0.4 is 5.73 Å². The Morgan fingerprint density at radius 3 is 2.58 bits per heavy atom. The first kappa shape index (κ1) is 14.2. The number of benzene rings is 2. The zero-order valence-electron chi connectivity index (χ0n) is 10.2. The first-order chi connectivity index (χ1) is 9.10. The number of hydrogen-bond donors (Lipinski definition) is 1. The fourth-order valence-electron chi connectivity index (χ4n) is 2.10. The molecule has 0 heterocycles. The third-order valence-electron chi connectivity index (χ3n) is 3.05. The van der Waals surface area contributed by atoms with Crippen molar-refractivity contribution >= 4 is 15.9 Å². The van der Waals surface area contributed by atoms with Gasteiger partial charge in [-0.05, 0) is 54.4 Å². The lowest BCUT2D eigenvalue weighted by Crippen LogP contribution is -2.16. The molecule has 4 heteroatoms. The topological polar surface area (TPSA) is 26.0 Å². The van der Waals surface area contributed by atoms with Crippen molar-refractivity contribution < 1.29 is 8.78 Å². The summed E-state index contributed by atoms with van der Waals surface area (Å²) >= 11 is 3.39. The van der Waals surface area contributed by atoms with Crippen LogP contribution in [-0.4, -0.2) is 6.54 Å². The SMILES string of the molecule is NCC(Cc1cccc(Br)c1)c1cc(F)ccc1F.